The van der Waals surface area contributed by atoms with Gasteiger partial charge in [0, 0.05) is 43.0 Å². The molecule has 4 rings (SSSR count). The molecule has 0 amide bonds. The fourth-order valence-corrected chi connectivity index (χ4v) is 3.94. The summed E-state index contributed by atoms with van der Waals surface area (Å²) in [5, 5.41) is 0. The van der Waals surface area contributed by atoms with Crippen LogP contribution in [0.25, 0.3) is 0 Å². The van der Waals surface area contributed by atoms with Crippen molar-refractivity contribution < 1.29 is 13.9 Å². The van der Waals surface area contributed by atoms with Crippen molar-refractivity contribution in [2.75, 3.05) is 19.8 Å². The van der Waals surface area contributed by atoms with Crippen LogP contribution >= 0.6 is 0 Å². The first-order valence-electron chi connectivity index (χ1n) is 8.73. The summed E-state index contributed by atoms with van der Waals surface area (Å²) in [5.41, 5.74) is 2.37. The molecule has 3 heterocycles. The average molecular weight is 328 g/mol. The molecule has 2 aromatic rings. The van der Waals surface area contributed by atoms with Crippen LogP contribution in [-0.2, 0) is 22.6 Å². The fourth-order valence-electron chi connectivity index (χ4n) is 3.94. The van der Waals surface area contributed by atoms with E-state index in [2.05, 4.69) is 9.88 Å². The number of rotatable bonds is 6. The van der Waals surface area contributed by atoms with E-state index in [0.717, 1.165) is 31.9 Å². The Morgan fingerprint density at radius 3 is 3.08 bits per heavy atom. The van der Waals surface area contributed by atoms with Crippen molar-refractivity contribution >= 4 is 0 Å². The number of fused-ring (bicyclic) bond motifs is 1. The van der Waals surface area contributed by atoms with Crippen LogP contribution < -0.4 is 0 Å². The highest BCUT2D eigenvalue weighted by molar-refractivity contribution is 5.08. The first kappa shape index (κ1) is 15.8. The minimum Gasteiger partial charge on any atom is -0.472 e. The Balaban J connectivity index is 1.31. The van der Waals surface area contributed by atoms with Gasteiger partial charge < -0.3 is 13.9 Å². The van der Waals surface area contributed by atoms with Crippen molar-refractivity contribution in [2.24, 2.45) is 5.92 Å². The van der Waals surface area contributed by atoms with Crippen LogP contribution in [0.15, 0.2) is 47.5 Å². The number of nitrogens with zero attached hydrogens (tertiary/aromatic N) is 2. The summed E-state index contributed by atoms with van der Waals surface area (Å²) < 4.78 is 17.3. The number of hydrogen-bond donors (Lipinski definition) is 0. The van der Waals surface area contributed by atoms with Gasteiger partial charge in [-0.1, -0.05) is 6.07 Å². The van der Waals surface area contributed by atoms with E-state index in [1.165, 1.54) is 18.4 Å². The van der Waals surface area contributed by atoms with Gasteiger partial charge in [-0.3, -0.25) is 9.88 Å². The van der Waals surface area contributed by atoms with E-state index in [9.17, 15) is 0 Å². The second kappa shape index (κ2) is 7.47. The summed E-state index contributed by atoms with van der Waals surface area (Å²) in [5.74, 6) is 0.485. The second-order valence-electron chi connectivity index (χ2n) is 6.72. The smallest absolute Gasteiger partial charge is 0.0947 e. The summed E-state index contributed by atoms with van der Waals surface area (Å²) in [6.45, 7) is 4.13. The van der Waals surface area contributed by atoms with E-state index in [0.29, 0.717) is 24.7 Å². The maximum Gasteiger partial charge on any atom is 0.0947 e. The van der Waals surface area contributed by atoms with Gasteiger partial charge in [-0.05, 0) is 30.5 Å². The van der Waals surface area contributed by atoms with Crippen LogP contribution in [0.4, 0.5) is 0 Å². The highest BCUT2D eigenvalue weighted by atomic mass is 16.5. The van der Waals surface area contributed by atoms with Gasteiger partial charge in [-0.25, -0.2) is 0 Å². The third kappa shape index (κ3) is 3.53. The molecular weight excluding hydrogens is 304 g/mol. The van der Waals surface area contributed by atoms with E-state index in [1.54, 1.807) is 12.5 Å². The van der Waals surface area contributed by atoms with E-state index in [4.69, 9.17) is 13.9 Å². The summed E-state index contributed by atoms with van der Waals surface area (Å²) >= 11 is 0. The monoisotopic (exact) mass is 328 g/mol. The number of morpholine rings is 1. The average Bonchev–Trinajstić information content (AvgIpc) is 3.27. The molecule has 3 atom stereocenters. The largest absolute Gasteiger partial charge is 0.472 e. The van der Waals surface area contributed by atoms with Crippen LogP contribution in [0.2, 0.25) is 0 Å². The summed E-state index contributed by atoms with van der Waals surface area (Å²) in [6, 6.07) is 6.55. The molecule has 2 aliphatic rings. The quantitative estimate of drug-likeness (QED) is 0.816. The molecule has 0 spiro atoms. The molecule has 128 valence electrons. The van der Waals surface area contributed by atoms with Crippen molar-refractivity contribution in [1.82, 2.24) is 9.88 Å². The van der Waals surface area contributed by atoms with E-state index in [1.807, 2.05) is 30.7 Å². The van der Waals surface area contributed by atoms with E-state index < -0.39 is 0 Å². The molecule has 1 saturated heterocycles. The zero-order valence-electron chi connectivity index (χ0n) is 13.8. The molecule has 1 aliphatic carbocycles. The van der Waals surface area contributed by atoms with Gasteiger partial charge in [0.25, 0.3) is 0 Å². The third-order valence-corrected chi connectivity index (χ3v) is 5.12. The Morgan fingerprint density at radius 2 is 2.25 bits per heavy atom. The molecule has 1 aliphatic heterocycles. The minimum absolute atomic E-state index is 0.291. The van der Waals surface area contributed by atoms with Crippen molar-refractivity contribution in [3.05, 3.63) is 54.2 Å². The Morgan fingerprint density at radius 1 is 1.25 bits per heavy atom. The molecule has 2 fully saturated rings. The standard InChI is InChI=1S/C19H24N2O3/c1-2-15(10-20-6-1)12-23-14-17-3-4-18-19(17)24-9-7-21(18)11-16-5-8-22-13-16/h1-2,5-6,8,10,13,17-19H,3-4,7,9,11-12,14H2/t17-,18+,19+/m1/s1. The Bertz CT molecular complexity index is 617. The normalized spacial score (nSPS) is 27.2. The lowest BCUT2D eigenvalue weighted by Gasteiger charge is -2.39. The van der Waals surface area contributed by atoms with Crippen molar-refractivity contribution in [3.63, 3.8) is 0 Å². The van der Waals surface area contributed by atoms with Crippen molar-refractivity contribution in [1.29, 1.82) is 0 Å². The van der Waals surface area contributed by atoms with Crippen LogP contribution in [0, 0.1) is 5.92 Å². The van der Waals surface area contributed by atoms with Gasteiger partial charge in [-0.2, -0.15) is 0 Å². The maximum atomic E-state index is 6.11. The molecule has 5 nitrogen and oxygen atoms in total. The number of furan rings is 1. The SMILES string of the molecule is c1cncc(COC[C@H]2CC[C@H]3[C@H]2OCCN3Cc2ccoc2)c1. The topological polar surface area (TPSA) is 47.7 Å². The van der Waals surface area contributed by atoms with Gasteiger partial charge in [0.1, 0.15) is 0 Å². The molecule has 0 aromatic carbocycles. The number of hydrogen-bond acceptors (Lipinski definition) is 5. The Kier molecular flexibility index (Phi) is 4.92. The lowest BCUT2D eigenvalue weighted by Crippen LogP contribution is -2.50. The van der Waals surface area contributed by atoms with Crippen LogP contribution in [-0.4, -0.2) is 41.8 Å². The van der Waals surface area contributed by atoms with Crippen LogP contribution in [0.3, 0.4) is 0 Å². The van der Waals surface area contributed by atoms with Gasteiger partial charge in [-0.15, -0.1) is 0 Å². The number of aromatic nitrogens is 1. The van der Waals surface area contributed by atoms with Gasteiger partial charge in [0.2, 0.25) is 0 Å². The fraction of sp³-hybridized carbons (Fsp3) is 0.526. The lowest BCUT2D eigenvalue weighted by atomic mass is 10.0. The number of ether oxygens (including phenoxy) is 2. The highest BCUT2D eigenvalue weighted by Crippen LogP contribution is 2.35. The van der Waals surface area contributed by atoms with Gasteiger partial charge in [0.15, 0.2) is 0 Å². The Labute approximate surface area is 142 Å². The zero-order chi connectivity index (χ0) is 16.2. The molecule has 0 radical (unpaired) electrons. The van der Waals surface area contributed by atoms with Crippen molar-refractivity contribution in [3.8, 4) is 0 Å². The second-order valence-corrected chi connectivity index (χ2v) is 6.72. The minimum atomic E-state index is 0.291. The van der Waals surface area contributed by atoms with E-state index in [-0.39, 0.29) is 0 Å². The zero-order valence-corrected chi connectivity index (χ0v) is 13.8. The van der Waals surface area contributed by atoms with E-state index >= 15 is 0 Å². The maximum absolute atomic E-state index is 6.11. The van der Waals surface area contributed by atoms with Crippen LogP contribution in [0.1, 0.15) is 24.0 Å². The molecule has 0 unspecified atom stereocenters. The molecule has 0 N–H and O–H groups in total. The summed E-state index contributed by atoms with van der Waals surface area (Å²) in [6.07, 6.45) is 9.88. The molecule has 0 bridgehead atoms. The number of pyridine rings is 1. The van der Waals surface area contributed by atoms with Gasteiger partial charge in [0.05, 0.1) is 38.5 Å². The molecular formula is C19H24N2O3. The van der Waals surface area contributed by atoms with Crippen molar-refractivity contribution in [2.45, 2.75) is 38.1 Å². The molecule has 5 heteroatoms. The van der Waals surface area contributed by atoms with Crippen LogP contribution in [0.5, 0.6) is 0 Å². The van der Waals surface area contributed by atoms with Gasteiger partial charge >= 0.3 is 0 Å². The third-order valence-electron chi connectivity index (χ3n) is 5.12. The molecule has 24 heavy (non-hydrogen) atoms. The predicted molar refractivity (Wildman–Crippen MR) is 89.3 cm³/mol. The lowest BCUT2D eigenvalue weighted by molar-refractivity contribution is -0.0892. The Hall–Kier alpha value is -1.69. The molecule has 1 saturated carbocycles. The predicted octanol–water partition coefficient (Wildman–Crippen LogP) is 2.87. The first-order chi connectivity index (χ1) is 11.9. The molecule has 2 aromatic heterocycles. The highest BCUT2D eigenvalue weighted by Gasteiger charge is 2.42. The summed E-state index contributed by atoms with van der Waals surface area (Å²) in [7, 11) is 0. The first-order valence-corrected chi connectivity index (χ1v) is 8.73. The summed E-state index contributed by atoms with van der Waals surface area (Å²) in [4.78, 5) is 6.67.